The first-order chi connectivity index (χ1) is 7.97. The van der Waals surface area contributed by atoms with Crippen molar-refractivity contribution in [3.63, 3.8) is 0 Å². The number of thiophene rings is 1. The molecule has 1 heterocycles. The molecule has 3 nitrogen and oxygen atoms in total. The Morgan fingerprint density at radius 1 is 1.12 bits per heavy atom. The average molecular weight is 332 g/mol. The molecule has 1 aromatic heterocycles. The minimum absolute atomic E-state index is 0.0210. The summed E-state index contributed by atoms with van der Waals surface area (Å²) >= 11 is 4.74. The summed E-state index contributed by atoms with van der Waals surface area (Å²) in [5.74, 6) is 0.0210. The van der Waals surface area contributed by atoms with Crippen molar-refractivity contribution in [1.82, 2.24) is 0 Å². The molecule has 0 aliphatic rings. The Labute approximate surface area is 112 Å². The van der Waals surface area contributed by atoms with Crippen molar-refractivity contribution in [2.45, 2.75) is 10.6 Å². The second kappa shape index (κ2) is 4.80. The SMILES string of the molecule is Nc1ccc(S(=O)(=O)Cc2ccc(Br)s2)cc1. The molecular weight excluding hydrogens is 322 g/mol. The van der Waals surface area contributed by atoms with Gasteiger partial charge in [-0.3, -0.25) is 0 Å². The van der Waals surface area contributed by atoms with Gasteiger partial charge in [0.25, 0.3) is 0 Å². The summed E-state index contributed by atoms with van der Waals surface area (Å²) < 4.78 is 25.1. The fourth-order valence-corrected chi connectivity index (χ4v) is 4.54. The largest absolute Gasteiger partial charge is 0.399 e. The molecule has 0 atom stereocenters. The van der Waals surface area contributed by atoms with Crippen molar-refractivity contribution in [3.8, 4) is 0 Å². The van der Waals surface area contributed by atoms with Crippen LogP contribution in [0.15, 0.2) is 45.1 Å². The van der Waals surface area contributed by atoms with E-state index in [1.807, 2.05) is 12.1 Å². The van der Waals surface area contributed by atoms with Crippen molar-refractivity contribution in [1.29, 1.82) is 0 Å². The van der Waals surface area contributed by atoms with Crippen LogP contribution in [0.2, 0.25) is 0 Å². The Morgan fingerprint density at radius 3 is 2.29 bits per heavy atom. The van der Waals surface area contributed by atoms with Gasteiger partial charge in [0.15, 0.2) is 9.84 Å². The molecule has 90 valence electrons. The zero-order valence-electron chi connectivity index (χ0n) is 8.76. The lowest BCUT2D eigenvalue weighted by molar-refractivity contribution is 0.595. The third kappa shape index (κ3) is 3.08. The van der Waals surface area contributed by atoms with Crippen LogP contribution < -0.4 is 5.73 Å². The molecule has 0 amide bonds. The number of rotatable bonds is 3. The molecule has 0 fully saturated rings. The quantitative estimate of drug-likeness (QED) is 0.879. The second-order valence-electron chi connectivity index (χ2n) is 3.53. The van der Waals surface area contributed by atoms with E-state index in [0.717, 1.165) is 8.66 Å². The standard InChI is InChI=1S/C11H10BrNO2S2/c12-11-6-3-9(16-11)7-17(14,15)10-4-1-8(13)2-5-10/h1-6H,7,13H2. The molecule has 2 N–H and O–H groups in total. The van der Waals surface area contributed by atoms with Gasteiger partial charge in [0.05, 0.1) is 14.4 Å². The van der Waals surface area contributed by atoms with Crippen LogP contribution in [-0.4, -0.2) is 8.42 Å². The fraction of sp³-hybridized carbons (Fsp3) is 0.0909. The third-order valence-electron chi connectivity index (χ3n) is 2.20. The maximum atomic E-state index is 12.1. The molecule has 2 aromatic rings. The van der Waals surface area contributed by atoms with Crippen molar-refractivity contribution in [2.75, 3.05) is 5.73 Å². The van der Waals surface area contributed by atoms with Gasteiger partial charge in [0.1, 0.15) is 0 Å². The van der Waals surface area contributed by atoms with E-state index in [4.69, 9.17) is 5.73 Å². The van der Waals surface area contributed by atoms with E-state index in [-0.39, 0.29) is 5.75 Å². The lowest BCUT2D eigenvalue weighted by Crippen LogP contribution is -2.03. The zero-order chi connectivity index (χ0) is 12.5. The number of anilines is 1. The number of hydrogen-bond acceptors (Lipinski definition) is 4. The maximum absolute atomic E-state index is 12.1. The molecule has 0 radical (unpaired) electrons. The van der Waals surface area contributed by atoms with Gasteiger partial charge < -0.3 is 5.73 Å². The second-order valence-corrected chi connectivity index (χ2v) is 8.07. The molecule has 0 saturated heterocycles. The van der Waals surface area contributed by atoms with E-state index in [2.05, 4.69) is 15.9 Å². The average Bonchev–Trinajstić information content (AvgIpc) is 2.63. The van der Waals surface area contributed by atoms with Gasteiger partial charge in [-0.25, -0.2) is 8.42 Å². The van der Waals surface area contributed by atoms with Gasteiger partial charge in [-0.1, -0.05) is 0 Å². The first-order valence-electron chi connectivity index (χ1n) is 4.80. The molecule has 6 heteroatoms. The molecule has 0 unspecified atom stereocenters. The van der Waals surface area contributed by atoms with Crippen LogP contribution in [0.5, 0.6) is 0 Å². The van der Waals surface area contributed by atoms with Crippen LogP contribution in [0, 0.1) is 0 Å². The summed E-state index contributed by atoms with van der Waals surface area (Å²) in [6, 6.07) is 9.91. The molecule has 17 heavy (non-hydrogen) atoms. The Hall–Kier alpha value is -0.850. The molecule has 2 rings (SSSR count). The summed E-state index contributed by atoms with van der Waals surface area (Å²) in [6.45, 7) is 0. The Bertz CT molecular complexity index is 617. The molecule has 0 saturated carbocycles. The lowest BCUT2D eigenvalue weighted by atomic mass is 10.3. The van der Waals surface area contributed by atoms with Crippen LogP contribution in [0.25, 0.3) is 0 Å². The molecular formula is C11H10BrNO2S2. The molecule has 0 aliphatic carbocycles. The number of hydrogen-bond donors (Lipinski definition) is 1. The monoisotopic (exact) mass is 331 g/mol. The minimum atomic E-state index is -3.28. The molecule has 1 aromatic carbocycles. The third-order valence-corrected chi connectivity index (χ3v) is 5.69. The van der Waals surface area contributed by atoms with Gasteiger partial charge in [-0.15, -0.1) is 11.3 Å². The Morgan fingerprint density at radius 2 is 1.76 bits per heavy atom. The molecule has 0 aliphatic heterocycles. The molecule has 0 spiro atoms. The highest BCUT2D eigenvalue weighted by Crippen LogP contribution is 2.26. The van der Waals surface area contributed by atoms with E-state index in [1.54, 1.807) is 12.1 Å². The Balaban J connectivity index is 2.28. The maximum Gasteiger partial charge on any atom is 0.183 e. The van der Waals surface area contributed by atoms with Gasteiger partial charge in [-0.2, -0.15) is 0 Å². The van der Waals surface area contributed by atoms with Crippen LogP contribution in [-0.2, 0) is 15.6 Å². The van der Waals surface area contributed by atoms with Gasteiger partial charge in [0, 0.05) is 10.6 Å². The molecule has 0 bridgehead atoms. The first-order valence-corrected chi connectivity index (χ1v) is 8.06. The summed E-state index contributed by atoms with van der Waals surface area (Å²) in [7, 11) is -3.28. The van der Waals surface area contributed by atoms with Crippen molar-refractivity contribution < 1.29 is 8.42 Å². The topological polar surface area (TPSA) is 60.2 Å². The number of nitrogens with two attached hydrogens (primary N) is 1. The Kier molecular flexibility index (Phi) is 3.56. The highest BCUT2D eigenvalue weighted by atomic mass is 79.9. The van der Waals surface area contributed by atoms with Crippen LogP contribution >= 0.6 is 27.3 Å². The first kappa shape index (κ1) is 12.6. The smallest absolute Gasteiger partial charge is 0.183 e. The highest BCUT2D eigenvalue weighted by molar-refractivity contribution is 9.11. The van der Waals surface area contributed by atoms with E-state index in [9.17, 15) is 8.42 Å². The van der Waals surface area contributed by atoms with Crippen LogP contribution in [0.1, 0.15) is 4.88 Å². The van der Waals surface area contributed by atoms with E-state index in [0.29, 0.717) is 10.6 Å². The van der Waals surface area contributed by atoms with Crippen LogP contribution in [0.4, 0.5) is 5.69 Å². The normalized spacial score (nSPS) is 11.6. The van der Waals surface area contributed by atoms with Crippen molar-refractivity contribution >= 4 is 42.8 Å². The van der Waals surface area contributed by atoms with E-state index < -0.39 is 9.84 Å². The number of benzene rings is 1. The van der Waals surface area contributed by atoms with Gasteiger partial charge in [-0.05, 0) is 52.3 Å². The summed E-state index contributed by atoms with van der Waals surface area (Å²) in [4.78, 5) is 1.12. The van der Waals surface area contributed by atoms with Crippen LogP contribution in [0.3, 0.4) is 0 Å². The van der Waals surface area contributed by atoms with Crippen molar-refractivity contribution in [3.05, 3.63) is 45.1 Å². The van der Waals surface area contributed by atoms with E-state index >= 15 is 0 Å². The lowest BCUT2D eigenvalue weighted by Gasteiger charge is -2.03. The van der Waals surface area contributed by atoms with Crippen molar-refractivity contribution in [2.24, 2.45) is 0 Å². The number of nitrogen functional groups attached to an aromatic ring is 1. The highest BCUT2D eigenvalue weighted by Gasteiger charge is 2.16. The van der Waals surface area contributed by atoms with Gasteiger partial charge >= 0.3 is 0 Å². The van der Waals surface area contributed by atoms with Gasteiger partial charge in [0.2, 0.25) is 0 Å². The predicted molar refractivity (Wildman–Crippen MR) is 73.8 cm³/mol. The fourth-order valence-electron chi connectivity index (χ4n) is 1.38. The number of halogens is 1. The predicted octanol–water partition coefficient (Wildman–Crippen LogP) is 3.07. The summed E-state index contributed by atoms with van der Waals surface area (Å²) in [5.41, 5.74) is 6.09. The number of sulfone groups is 1. The minimum Gasteiger partial charge on any atom is -0.399 e. The zero-order valence-corrected chi connectivity index (χ0v) is 12.0. The summed E-state index contributed by atoms with van der Waals surface area (Å²) in [6.07, 6.45) is 0. The van der Waals surface area contributed by atoms with E-state index in [1.165, 1.54) is 23.5 Å². The summed E-state index contributed by atoms with van der Waals surface area (Å²) in [5, 5.41) is 0.